The molecule has 6 atom stereocenters. The number of carbonyl (C=O) groups excluding carboxylic acids is 3. The van der Waals surface area contributed by atoms with E-state index in [-0.39, 0.29) is 24.3 Å². The molecule has 3 N–H and O–H groups in total. The van der Waals surface area contributed by atoms with E-state index in [1.165, 1.54) is 4.90 Å². The van der Waals surface area contributed by atoms with Gasteiger partial charge in [-0.05, 0) is 80.8 Å². The summed E-state index contributed by atoms with van der Waals surface area (Å²) in [4.78, 5) is 43.7. The number of rotatable bonds is 8. The number of fused-ring (bicyclic) bond motifs is 2. The minimum absolute atomic E-state index is 0.226. The lowest BCUT2D eigenvalue weighted by Gasteiger charge is -2.36. The molecular formula is C32H35N3O5S. The number of benzene rings is 3. The van der Waals surface area contributed by atoms with Crippen LogP contribution in [0.25, 0.3) is 10.8 Å². The van der Waals surface area contributed by atoms with Crippen LogP contribution in [-0.4, -0.2) is 62.5 Å². The van der Waals surface area contributed by atoms with Gasteiger partial charge >= 0.3 is 0 Å². The van der Waals surface area contributed by atoms with Crippen molar-refractivity contribution in [3.05, 3.63) is 66.7 Å². The highest BCUT2D eigenvalue weighted by Gasteiger charge is 2.77. The average Bonchev–Trinajstić information content (AvgIpc) is 3.54. The lowest BCUT2D eigenvalue weighted by Crippen LogP contribution is -2.54. The molecule has 9 heteroatoms. The summed E-state index contributed by atoms with van der Waals surface area (Å²) >= 11 is 1.61. The topological polar surface area (TPSA) is 108 Å². The van der Waals surface area contributed by atoms with Crippen molar-refractivity contribution >= 4 is 51.6 Å². The molecule has 0 saturated carbocycles. The molecule has 3 aromatic rings. The van der Waals surface area contributed by atoms with Crippen LogP contribution in [0.2, 0.25) is 0 Å². The van der Waals surface area contributed by atoms with Crippen LogP contribution in [0.15, 0.2) is 66.7 Å². The standard InChI is InChI=1S/C32H35N3O5S/c1-4-40-24-13-11-22(12-14-24)33-28(37)25-26-30(39)35(19(2)18-36)27(32(26)16-15-31(25,3)41-32)29(38)34-23-10-9-20-7-5-6-8-21(20)17-23/h5-14,17,19,25-27,36H,4,15-16,18H2,1-3H3,(H,33,37)(H,34,38)/t19-,25-,26+,27?,31+,32?/m1/s1. The molecule has 3 amide bonds. The highest BCUT2D eigenvalue weighted by molar-refractivity contribution is 8.02. The number of amides is 3. The van der Waals surface area contributed by atoms with Gasteiger partial charge in [0.1, 0.15) is 11.8 Å². The minimum atomic E-state index is -0.816. The van der Waals surface area contributed by atoms with Crippen molar-refractivity contribution in [3.63, 3.8) is 0 Å². The predicted molar refractivity (Wildman–Crippen MR) is 161 cm³/mol. The number of aliphatic hydroxyl groups excluding tert-OH is 1. The quantitative estimate of drug-likeness (QED) is 0.361. The molecule has 3 heterocycles. The summed E-state index contributed by atoms with van der Waals surface area (Å²) < 4.78 is 4.25. The first-order chi connectivity index (χ1) is 19.7. The lowest BCUT2D eigenvalue weighted by atomic mass is 9.66. The van der Waals surface area contributed by atoms with Gasteiger partial charge in [-0.3, -0.25) is 14.4 Å². The monoisotopic (exact) mass is 573 g/mol. The van der Waals surface area contributed by atoms with E-state index < -0.39 is 33.4 Å². The number of hydrogen-bond donors (Lipinski definition) is 3. The molecule has 3 fully saturated rings. The highest BCUT2D eigenvalue weighted by Crippen LogP contribution is 2.71. The van der Waals surface area contributed by atoms with E-state index in [0.29, 0.717) is 36.6 Å². The smallest absolute Gasteiger partial charge is 0.248 e. The Bertz CT molecular complexity index is 1510. The van der Waals surface area contributed by atoms with Gasteiger partial charge in [0.2, 0.25) is 17.7 Å². The van der Waals surface area contributed by atoms with Gasteiger partial charge in [0.05, 0.1) is 35.8 Å². The van der Waals surface area contributed by atoms with Crippen molar-refractivity contribution in [2.45, 2.75) is 55.2 Å². The Hall–Kier alpha value is -3.56. The molecule has 0 aromatic heterocycles. The van der Waals surface area contributed by atoms with Gasteiger partial charge in [0.25, 0.3) is 0 Å². The van der Waals surface area contributed by atoms with E-state index in [1.807, 2.05) is 56.3 Å². The zero-order valence-corrected chi connectivity index (χ0v) is 24.2. The summed E-state index contributed by atoms with van der Waals surface area (Å²) in [5.74, 6) is -1.33. The lowest BCUT2D eigenvalue weighted by molar-refractivity contribution is -0.141. The number of nitrogens with zero attached hydrogens (tertiary/aromatic N) is 1. The van der Waals surface area contributed by atoms with Crippen LogP contribution in [0.1, 0.15) is 33.6 Å². The van der Waals surface area contributed by atoms with E-state index in [2.05, 4.69) is 10.6 Å². The maximum atomic E-state index is 14.2. The Labute approximate surface area is 243 Å². The van der Waals surface area contributed by atoms with Gasteiger partial charge in [0.15, 0.2) is 0 Å². The van der Waals surface area contributed by atoms with Crippen molar-refractivity contribution in [1.82, 2.24) is 4.90 Å². The molecule has 1 spiro atoms. The molecule has 3 saturated heterocycles. The molecule has 3 aliphatic rings. The zero-order chi connectivity index (χ0) is 28.9. The van der Waals surface area contributed by atoms with E-state index in [9.17, 15) is 19.5 Å². The van der Waals surface area contributed by atoms with Gasteiger partial charge in [0, 0.05) is 16.1 Å². The summed E-state index contributed by atoms with van der Waals surface area (Å²) in [5, 5.41) is 18.3. The molecule has 0 aliphatic carbocycles. The first kappa shape index (κ1) is 27.6. The van der Waals surface area contributed by atoms with Crippen LogP contribution in [0.3, 0.4) is 0 Å². The molecular weight excluding hydrogens is 538 g/mol. The molecule has 2 unspecified atom stereocenters. The molecule has 2 bridgehead atoms. The summed E-state index contributed by atoms with van der Waals surface area (Å²) in [5.41, 5.74) is 1.27. The van der Waals surface area contributed by atoms with Gasteiger partial charge in [-0.15, -0.1) is 11.8 Å². The van der Waals surface area contributed by atoms with Gasteiger partial charge in [-0.2, -0.15) is 0 Å². The second-order valence-corrected chi connectivity index (χ2v) is 13.4. The number of carbonyl (C=O) groups is 3. The largest absolute Gasteiger partial charge is 0.494 e. The normalized spacial score (nSPS) is 28.9. The van der Waals surface area contributed by atoms with Crippen molar-refractivity contribution < 1.29 is 24.2 Å². The van der Waals surface area contributed by atoms with Gasteiger partial charge in [-0.25, -0.2) is 0 Å². The SMILES string of the molecule is CCOc1ccc(NC(=O)[C@H]2[C@H]3C(=O)N([C@H](C)CO)C(C(=O)Nc4ccc5ccccc5c4)C34CC[C@]2(C)S4)cc1. The van der Waals surface area contributed by atoms with Crippen LogP contribution in [-0.2, 0) is 14.4 Å². The Morgan fingerprint density at radius 3 is 2.41 bits per heavy atom. The first-order valence-electron chi connectivity index (χ1n) is 14.2. The highest BCUT2D eigenvalue weighted by atomic mass is 32.2. The van der Waals surface area contributed by atoms with Crippen molar-refractivity contribution in [2.24, 2.45) is 11.8 Å². The van der Waals surface area contributed by atoms with Crippen molar-refractivity contribution in [3.8, 4) is 5.75 Å². The fourth-order valence-electron chi connectivity index (χ4n) is 7.13. The summed E-state index contributed by atoms with van der Waals surface area (Å²) in [6, 6.07) is 19.5. The zero-order valence-electron chi connectivity index (χ0n) is 23.4. The average molecular weight is 574 g/mol. The summed E-state index contributed by atoms with van der Waals surface area (Å²) in [6.45, 7) is 5.97. The van der Waals surface area contributed by atoms with Crippen LogP contribution in [0.5, 0.6) is 5.75 Å². The van der Waals surface area contributed by atoms with Crippen LogP contribution in [0.4, 0.5) is 11.4 Å². The Morgan fingerprint density at radius 2 is 1.71 bits per heavy atom. The fourth-order valence-corrected chi connectivity index (χ4v) is 9.47. The number of aliphatic hydroxyl groups is 1. The molecule has 0 radical (unpaired) electrons. The molecule has 8 nitrogen and oxygen atoms in total. The number of hydrogen-bond acceptors (Lipinski definition) is 6. The third-order valence-corrected chi connectivity index (χ3v) is 10.9. The maximum absolute atomic E-state index is 14.2. The Balaban J connectivity index is 1.32. The van der Waals surface area contributed by atoms with Crippen LogP contribution >= 0.6 is 11.8 Å². The number of likely N-dealkylation sites (tertiary alicyclic amines) is 1. The summed E-state index contributed by atoms with van der Waals surface area (Å²) in [6.07, 6.45) is 1.35. The minimum Gasteiger partial charge on any atom is -0.494 e. The molecule has 214 valence electrons. The van der Waals surface area contributed by atoms with E-state index in [0.717, 1.165) is 10.8 Å². The first-order valence-corrected chi connectivity index (χ1v) is 15.0. The second kappa shape index (κ2) is 10.4. The van der Waals surface area contributed by atoms with E-state index in [4.69, 9.17) is 4.74 Å². The molecule has 41 heavy (non-hydrogen) atoms. The van der Waals surface area contributed by atoms with E-state index >= 15 is 0 Å². The number of ether oxygens (including phenoxy) is 1. The fraction of sp³-hybridized carbons (Fsp3) is 0.406. The predicted octanol–water partition coefficient (Wildman–Crippen LogP) is 4.68. The van der Waals surface area contributed by atoms with Gasteiger partial charge < -0.3 is 25.4 Å². The third kappa shape index (κ3) is 4.46. The van der Waals surface area contributed by atoms with Crippen LogP contribution < -0.4 is 15.4 Å². The molecule has 3 aliphatic heterocycles. The number of thioether (sulfide) groups is 1. The molecule has 6 rings (SSSR count). The van der Waals surface area contributed by atoms with Crippen LogP contribution in [0, 0.1) is 11.8 Å². The van der Waals surface area contributed by atoms with Gasteiger partial charge in [-0.1, -0.05) is 30.3 Å². The number of nitrogens with one attached hydrogen (secondary N) is 2. The Kier molecular flexibility index (Phi) is 6.98. The number of anilines is 2. The van der Waals surface area contributed by atoms with Crippen molar-refractivity contribution in [1.29, 1.82) is 0 Å². The molecule has 3 aromatic carbocycles. The summed E-state index contributed by atoms with van der Waals surface area (Å²) in [7, 11) is 0. The third-order valence-electron chi connectivity index (χ3n) is 8.93. The second-order valence-electron chi connectivity index (χ2n) is 11.5. The van der Waals surface area contributed by atoms with E-state index in [1.54, 1.807) is 43.0 Å². The van der Waals surface area contributed by atoms with Crippen molar-refractivity contribution in [2.75, 3.05) is 23.8 Å². The maximum Gasteiger partial charge on any atom is 0.248 e. The Morgan fingerprint density at radius 1 is 1.02 bits per heavy atom.